The van der Waals surface area contributed by atoms with Gasteiger partial charge in [0, 0.05) is 30.1 Å². The van der Waals surface area contributed by atoms with Gasteiger partial charge in [-0.3, -0.25) is 4.98 Å². The summed E-state index contributed by atoms with van der Waals surface area (Å²) in [6.45, 7) is 0.924. The van der Waals surface area contributed by atoms with Crippen LogP contribution in [0.5, 0.6) is 0 Å². The number of benzene rings is 1. The van der Waals surface area contributed by atoms with E-state index in [9.17, 15) is 0 Å². The Bertz CT molecular complexity index is 885. The monoisotopic (exact) mass is 308 g/mol. The molecule has 2 aromatic heterocycles. The largest absolute Gasteiger partial charge is 0.263 e. The molecule has 4 rings (SSSR count). The van der Waals surface area contributed by atoms with E-state index in [0.29, 0.717) is 5.02 Å². The second-order valence-corrected chi connectivity index (χ2v) is 5.88. The van der Waals surface area contributed by atoms with Gasteiger partial charge in [0.15, 0.2) is 0 Å². The van der Waals surface area contributed by atoms with E-state index in [-0.39, 0.29) is 0 Å². The van der Waals surface area contributed by atoms with Crippen LogP contribution in [-0.4, -0.2) is 20.0 Å². The molecule has 0 atom stereocenters. The number of aromatic nitrogens is 4. The highest BCUT2D eigenvalue weighted by Gasteiger charge is 2.23. The molecule has 3 aromatic rings. The standard InChI is InChI=1S/C17H13ClN4/c18-16-14(6-5-12-2-1-9-19-10-12)7-8-15-17(16)20-21-22(15)11-13-3-4-13/h1-2,7-10,13H,3-4,11H2. The van der Waals surface area contributed by atoms with Crippen LogP contribution in [0.1, 0.15) is 24.0 Å². The summed E-state index contributed by atoms with van der Waals surface area (Å²) in [4.78, 5) is 4.04. The van der Waals surface area contributed by atoms with Crippen LogP contribution < -0.4 is 0 Å². The lowest BCUT2D eigenvalue weighted by molar-refractivity contribution is 0.559. The third kappa shape index (κ3) is 2.56. The van der Waals surface area contributed by atoms with Crippen LogP contribution >= 0.6 is 11.6 Å². The molecule has 22 heavy (non-hydrogen) atoms. The number of pyridine rings is 1. The minimum absolute atomic E-state index is 0.566. The van der Waals surface area contributed by atoms with E-state index in [1.807, 2.05) is 28.9 Å². The molecular weight excluding hydrogens is 296 g/mol. The van der Waals surface area contributed by atoms with E-state index in [0.717, 1.165) is 34.6 Å². The van der Waals surface area contributed by atoms with Crippen molar-refractivity contribution in [3.63, 3.8) is 0 Å². The molecule has 2 heterocycles. The maximum atomic E-state index is 6.44. The second kappa shape index (κ2) is 5.43. The van der Waals surface area contributed by atoms with E-state index in [2.05, 4.69) is 27.1 Å². The molecule has 108 valence electrons. The van der Waals surface area contributed by atoms with Gasteiger partial charge < -0.3 is 0 Å². The molecule has 5 heteroatoms. The van der Waals surface area contributed by atoms with Crippen LogP contribution in [0.3, 0.4) is 0 Å². The summed E-state index contributed by atoms with van der Waals surface area (Å²) in [5.41, 5.74) is 3.32. The summed E-state index contributed by atoms with van der Waals surface area (Å²) in [5.74, 6) is 6.89. The minimum atomic E-state index is 0.566. The van der Waals surface area contributed by atoms with Crippen LogP contribution in [0.15, 0.2) is 36.7 Å². The predicted octanol–water partition coefficient (Wildman–Crippen LogP) is 3.29. The van der Waals surface area contributed by atoms with Gasteiger partial charge >= 0.3 is 0 Å². The molecule has 0 aliphatic heterocycles. The van der Waals surface area contributed by atoms with Crippen molar-refractivity contribution >= 4 is 22.6 Å². The molecule has 4 nitrogen and oxygen atoms in total. The number of fused-ring (bicyclic) bond motifs is 1. The molecule has 1 fully saturated rings. The van der Waals surface area contributed by atoms with Crippen LogP contribution in [-0.2, 0) is 6.54 Å². The molecule has 1 aliphatic carbocycles. The molecule has 0 radical (unpaired) electrons. The van der Waals surface area contributed by atoms with Crippen molar-refractivity contribution in [3.05, 3.63) is 52.8 Å². The molecule has 1 aliphatic rings. The van der Waals surface area contributed by atoms with Crippen molar-refractivity contribution in [1.29, 1.82) is 0 Å². The van der Waals surface area contributed by atoms with E-state index in [4.69, 9.17) is 11.6 Å². The zero-order valence-electron chi connectivity index (χ0n) is 11.8. The Labute approximate surface area is 133 Å². The zero-order chi connectivity index (χ0) is 14.9. The van der Waals surface area contributed by atoms with Gasteiger partial charge in [-0.1, -0.05) is 28.7 Å². The molecule has 1 aromatic carbocycles. The Balaban J connectivity index is 1.71. The molecule has 0 saturated heterocycles. The van der Waals surface area contributed by atoms with Gasteiger partial charge in [0.05, 0.1) is 10.5 Å². The zero-order valence-corrected chi connectivity index (χ0v) is 12.6. The highest BCUT2D eigenvalue weighted by molar-refractivity contribution is 6.36. The smallest absolute Gasteiger partial charge is 0.133 e. The summed E-state index contributed by atoms with van der Waals surface area (Å²) in [6.07, 6.45) is 6.02. The highest BCUT2D eigenvalue weighted by Crippen LogP contribution is 2.32. The third-order valence-corrected chi connectivity index (χ3v) is 4.14. The molecule has 0 N–H and O–H groups in total. The lowest BCUT2D eigenvalue weighted by atomic mass is 10.2. The highest BCUT2D eigenvalue weighted by atomic mass is 35.5. The van der Waals surface area contributed by atoms with E-state index in [1.54, 1.807) is 12.4 Å². The molecular formula is C17H13ClN4. The normalized spacial score (nSPS) is 13.9. The van der Waals surface area contributed by atoms with Gasteiger partial charge in [0.25, 0.3) is 0 Å². The fourth-order valence-corrected chi connectivity index (χ4v) is 2.60. The minimum Gasteiger partial charge on any atom is -0.263 e. The molecule has 0 amide bonds. The summed E-state index contributed by atoms with van der Waals surface area (Å²) >= 11 is 6.44. The maximum absolute atomic E-state index is 6.44. The maximum Gasteiger partial charge on any atom is 0.133 e. The average Bonchev–Trinajstić information content (AvgIpc) is 3.27. The van der Waals surface area contributed by atoms with Crippen molar-refractivity contribution in [3.8, 4) is 11.8 Å². The van der Waals surface area contributed by atoms with Crippen LogP contribution in [0.2, 0.25) is 5.02 Å². The summed E-state index contributed by atoms with van der Waals surface area (Å²) in [6, 6.07) is 7.70. The second-order valence-electron chi connectivity index (χ2n) is 5.50. The molecule has 0 unspecified atom stereocenters. The fraction of sp³-hybridized carbons (Fsp3) is 0.235. The first kappa shape index (κ1) is 13.3. The number of hydrogen-bond donors (Lipinski definition) is 0. The summed E-state index contributed by atoms with van der Waals surface area (Å²) in [7, 11) is 0. The topological polar surface area (TPSA) is 43.6 Å². The Morgan fingerprint density at radius 3 is 2.91 bits per heavy atom. The number of hydrogen-bond acceptors (Lipinski definition) is 3. The van der Waals surface area contributed by atoms with Crippen molar-refractivity contribution < 1.29 is 0 Å². The summed E-state index contributed by atoms with van der Waals surface area (Å²) in [5, 5.41) is 9.00. The molecule has 0 bridgehead atoms. The van der Waals surface area contributed by atoms with Gasteiger partial charge in [-0.05, 0) is 43.0 Å². The van der Waals surface area contributed by atoms with E-state index >= 15 is 0 Å². The van der Waals surface area contributed by atoms with Crippen molar-refractivity contribution in [2.45, 2.75) is 19.4 Å². The van der Waals surface area contributed by atoms with E-state index in [1.165, 1.54) is 12.8 Å². The Kier molecular flexibility index (Phi) is 3.28. The first-order valence-electron chi connectivity index (χ1n) is 7.25. The van der Waals surface area contributed by atoms with Crippen molar-refractivity contribution in [2.24, 2.45) is 5.92 Å². The first-order valence-corrected chi connectivity index (χ1v) is 7.63. The van der Waals surface area contributed by atoms with Gasteiger partial charge in [0.2, 0.25) is 0 Å². The predicted molar refractivity (Wildman–Crippen MR) is 85.5 cm³/mol. The van der Waals surface area contributed by atoms with Crippen LogP contribution in [0.4, 0.5) is 0 Å². The quantitative estimate of drug-likeness (QED) is 0.682. The van der Waals surface area contributed by atoms with Gasteiger partial charge in [-0.15, -0.1) is 5.10 Å². The van der Waals surface area contributed by atoms with Crippen molar-refractivity contribution in [1.82, 2.24) is 20.0 Å². The Morgan fingerprint density at radius 2 is 2.14 bits per heavy atom. The lowest BCUT2D eigenvalue weighted by Gasteiger charge is -2.01. The number of rotatable bonds is 2. The van der Waals surface area contributed by atoms with Gasteiger partial charge in [-0.2, -0.15) is 0 Å². The van der Waals surface area contributed by atoms with Crippen molar-refractivity contribution in [2.75, 3.05) is 0 Å². The van der Waals surface area contributed by atoms with Crippen LogP contribution in [0, 0.1) is 17.8 Å². The van der Waals surface area contributed by atoms with Crippen LogP contribution in [0.25, 0.3) is 11.0 Å². The lowest BCUT2D eigenvalue weighted by Crippen LogP contribution is -2.01. The van der Waals surface area contributed by atoms with Gasteiger partial charge in [-0.25, -0.2) is 4.68 Å². The third-order valence-electron chi connectivity index (χ3n) is 3.76. The number of halogens is 1. The molecule has 1 saturated carbocycles. The average molecular weight is 309 g/mol. The number of nitrogens with zero attached hydrogens (tertiary/aromatic N) is 4. The summed E-state index contributed by atoms with van der Waals surface area (Å²) < 4.78 is 1.94. The Morgan fingerprint density at radius 1 is 1.23 bits per heavy atom. The van der Waals surface area contributed by atoms with Gasteiger partial charge in [0.1, 0.15) is 5.52 Å². The van der Waals surface area contributed by atoms with E-state index < -0.39 is 0 Å². The molecule has 0 spiro atoms. The SMILES string of the molecule is Clc1c(C#Cc2cccnc2)ccc2c1nnn2CC1CC1. The Hall–Kier alpha value is -2.38. The first-order chi connectivity index (χ1) is 10.8. The fourth-order valence-electron chi connectivity index (χ4n) is 2.36.